The van der Waals surface area contributed by atoms with Gasteiger partial charge in [0.2, 0.25) is 0 Å². The third kappa shape index (κ3) is 6.53. The van der Waals surface area contributed by atoms with Crippen LogP contribution in [-0.4, -0.2) is 16.8 Å². The topological polar surface area (TPSA) is 80.3 Å². The van der Waals surface area contributed by atoms with Crippen LogP contribution in [0.15, 0.2) is 110 Å². The maximum absolute atomic E-state index is 12.9. The number of hydrogen-bond acceptors (Lipinski definition) is 4. The van der Waals surface area contributed by atoms with Crippen LogP contribution in [0.1, 0.15) is 21.6 Å². The molecule has 3 rings (SSSR count). The van der Waals surface area contributed by atoms with Crippen LogP contribution in [0.2, 0.25) is 0 Å². The van der Waals surface area contributed by atoms with Crippen LogP contribution in [0.25, 0.3) is 6.08 Å². The highest BCUT2D eigenvalue weighted by molar-refractivity contribution is 6.05. The van der Waals surface area contributed by atoms with Crippen LogP contribution < -0.4 is 15.4 Å². The number of rotatable bonds is 9. The summed E-state index contributed by atoms with van der Waals surface area (Å²) >= 11 is 0. The van der Waals surface area contributed by atoms with E-state index < -0.39 is 5.91 Å². The molecule has 0 unspecified atom stereocenters. The Morgan fingerprint density at radius 1 is 0.969 bits per heavy atom. The molecule has 0 atom stereocenters. The van der Waals surface area contributed by atoms with E-state index >= 15 is 0 Å². The molecule has 0 spiro atoms. The van der Waals surface area contributed by atoms with Crippen molar-refractivity contribution >= 4 is 17.9 Å². The Morgan fingerprint density at radius 3 is 2.34 bits per heavy atom. The summed E-state index contributed by atoms with van der Waals surface area (Å²) in [4.78, 5) is 29.7. The second kappa shape index (κ2) is 11.1. The van der Waals surface area contributed by atoms with Crippen molar-refractivity contribution in [1.82, 2.24) is 15.6 Å². The molecule has 0 bridgehead atoms. The van der Waals surface area contributed by atoms with Gasteiger partial charge in [-0.2, -0.15) is 0 Å². The van der Waals surface area contributed by atoms with E-state index in [4.69, 9.17) is 4.74 Å². The lowest BCUT2D eigenvalue weighted by Gasteiger charge is -2.11. The van der Waals surface area contributed by atoms with E-state index in [1.165, 1.54) is 6.08 Å². The molecule has 1 heterocycles. The van der Waals surface area contributed by atoms with E-state index in [0.29, 0.717) is 28.3 Å². The largest absolute Gasteiger partial charge is 0.458 e. The minimum Gasteiger partial charge on any atom is -0.458 e. The zero-order valence-electron chi connectivity index (χ0n) is 17.5. The molecule has 1 aromatic heterocycles. The first-order valence-electron chi connectivity index (χ1n) is 9.90. The Morgan fingerprint density at radius 2 is 1.69 bits per heavy atom. The van der Waals surface area contributed by atoms with Gasteiger partial charge in [0.05, 0.1) is 12.2 Å². The molecule has 0 saturated heterocycles. The number of allylic oxidation sites excluding steroid dienone is 1. The van der Waals surface area contributed by atoms with Crippen LogP contribution in [0.3, 0.4) is 0 Å². The average molecular weight is 425 g/mol. The van der Waals surface area contributed by atoms with Gasteiger partial charge in [-0.3, -0.25) is 14.6 Å². The van der Waals surface area contributed by atoms with Gasteiger partial charge in [-0.15, -0.1) is 0 Å². The highest BCUT2D eigenvalue weighted by Crippen LogP contribution is 2.17. The summed E-state index contributed by atoms with van der Waals surface area (Å²) in [7, 11) is 0. The van der Waals surface area contributed by atoms with Crippen LogP contribution in [0, 0.1) is 0 Å². The monoisotopic (exact) mass is 425 g/mol. The zero-order chi connectivity index (χ0) is 22.8. The molecule has 32 heavy (non-hydrogen) atoms. The fraction of sp³-hybridized carbons (Fsp3) is 0.0385. The summed E-state index contributed by atoms with van der Waals surface area (Å²) in [6, 6.07) is 21.2. The van der Waals surface area contributed by atoms with Crippen LogP contribution in [0.4, 0.5) is 0 Å². The van der Waals surface area contributed by atoms with E-state index in [0.717, 1.165) is 0 Å². The molecular formula is C26H23N3O3. The van der Waals surface area contributed by atoms with Gasteiger partial charge in [-0.25, -0.2) is 0 Å². The summed E-state index contributed by atoms with van der Waals surface area (Å²) in [6.45, 7) is 7.54. The number of nitrogens with zero attached hydrogens (tertiary/aromatic N) is 1. The molecule has 6 heteroatoms. The number of aromatic nitrogens is 1. The molecule has 0 fully saturated rings. The van der Waals surface area contributed by atoms with Gasteiger partial charge in [0.25, 0.3) is 11.8 Å². The van der Waals surface area contributed by atoms with E-state index in [-0.39, 0.29) is 18.1 Å². The van der Waals surface area contributed by atoms with Gasteiger partial charge in [-0.1, -0.05) is 49.6 Å². The summed E-state index contributed by atoms with van der Waals surface area (Å²) < 4.78 is 5.49. The lowest BCUT2D eigenvalue weighted by Crippen LogP contribution is -2.34. The summed E-state index contributed by atoms with van der Waals surface area (Å²) in [5.41, 5.74) is 1.97. The van der Waals surface area contributed by atoms with Crippen molar-refractivity contribution < 1.29 is 14.3 Å². The molecule has 160 valence electrons. The van der Waals surface area contributed by atoms with Gasteiger partial charge < -0.3 is 15.4 Å². The van der Waals surface area contributed by atoms with Gasteiger partial charge in [-0.05, 0) is 54.1 Å². The minimum absolute atomic E-state index is 0.110. The van der Waals surface area contributed by atoms with Crippen molar-refractivity contribution in [3.05, 3.63) is 127 Å². The van der Waals surface area contributed by atoms with E-state index in [1.54, 1.807) is 66.9 Å². The number of pyridine rings is 1. The molecule has 0 saturated carbocycles. The highest BCUT2D eigenvalue weighted by atomic mass is 16.5. The maximum Gasteiger partial charge on any atom is 0.268 e. The van der Waals surface area contributed by atoms with E-state index in [9.17, 15) is 9.59 Å². The summed E-state index contributed by atoms with van der Waals surface area (Å²) in [5, 5.41) is 5.49. The molecular weight excluding hydrogens is 402 g/mol. The molecule has 0 aliphatic rings. The Bertz CT molecular complexity index is 1120. The number of carbonyl (C=O) groups excluding carboxylic acids is 2. The second-order valence-electron chi connectivity index (χ2n) is 6.72. The normalized spacial score (nSPS) is 10.7. The number of carbonyl (C=O) groups is 2. The maximum atomic E-state index is 12.9. The SMILES string of the molecule is C=CC(=C)Oc1ccc(C=C(NC(=O)c2ccccc2)C(=O)NCc2ccccn2)cc1. The zero-order valence-corrected chi connectivity index (χ0v) is 17.5. The van der Waals surface area contributed by atoms with Crippen LogP contribution in [0.5, 0.6) is 5.75 Å². The second-order valence-corrected chi connectivity index (χ2v) is 6.72. The highest BCUT2D eigenvalue weighted by Gasteiger charge is 2.14. The Kier molecular flexibility index (Phi) is 7.70. The van der Waals surface area contributed by atoms with Gasteiger partial charge in [0.15, 0.2) is 0 Å². The summed E-state index contributed by atoms with van der Waals surface area (Å²) in [6.07, 6.45) is 4.76. The van der Waals surface area contributed by atoms with Gasteiger partial charge in [0.1, 0.15) is 17.2 Å². The summed E-state index contributed by atoms with van der Waals surface area (Å²) in [5.74, 6) is 0.201. The van der Waals surface area contributed by atoms with Crippen molar-refractivity contribution in [3.8, 4) is 5.75 Å². The molecule has 2 aromatic carbocycles. The number of hydrogen-bond donors (Lipinski definition) is 2. The Balaban J connectivity index is 1.80. The van der Waals surface area contributed by atoms with Crippen molar-refractivity contribution in [2.24, 2.45) is 0 Å². The minimum atomic E-state index is -0.430. The van der Waals surface area contributed by atoms with Crippen molar-refractivity contribution in [1.29, 1.82) is 0 Å². The van der Waals surface area contributed by atoms with Gasteiger partial charge in [0, 0.05) is 11.8 Å². The van der Waals surface area contributed by atoms with E-state index in [1.807, 2.05) is 18.2 Å². The first kappa shape index (κ1) is 22.2. The van der Waals surface area contributed by atoms with Crippen molar-refractivity contribution in [2.45, 2.75) is 6.54 Å². The molecule has 3 aromatic rings. The fourth-order valence-corrected chi connectivity index (χ4v) is 2.70. The van der Waals surface area contributed by atoms with Crippen LogP contribution >= 0.6 is 0 Å². The number of nitrogens with one attached hydrogen (secondary N) is 2. The predicted octanol–water partition coefficient (Wildman–Crippen LogP) is 4.25. The quantitative estimate of drug-likeness (QED) is 0.305. The van der Waals surface area contributed by atoms with Crippen molar-refractivity contribution in [2.75, 3.05) is 0 Å². The lowest BCUT2D eigenvalue weighted by molar-refractivity contribution is -0.117. The molecule has 6 nitrogen and oxygen atoms in total. The number of amides is 2. The smallest absolute Gasteiger partial charge is 0.268 e. The first-order valence-corrected chi connectivity index (χ1v) is 9.90. The molecule has 0 radical (unpaired) electrons. The predicted molar refractivity (Wildman–Crippen MR) is 124 cm³/mol. The van der Waals surface area contributed by atoms with Crippen molar-refractivity contribution in [3.63, 3.8) is 0 Å². The number of ether oxygens (including phenoxy) is 1. The standard InChI is InChI=1S/C26H23N3O3/c1-3-19(2)32-23-14-12-20(13-15-23)17-24(29-25(30)21-9-5-4-6-10-21)26(31)28-18-22-11-7-8-16-27-22/h3-17H,1-2,18H2,(H,28,31)(H,29,30). The lowest BCUT2D eigenvalue weighted by atomic mass is 10.1. The third-order valence-corrected chi connectivity index (χ3v) is 4.35. The van der Waals surface area contributed by atoms with Gasteiger partial charge >= 0.3 is 0 Å². The fourth-order valence-electron chi connectivity index (χ4n) is 2.70. The first-order chi connectivity index (χ1) is 15.5. The van der Waals surface area contributed by atoms with Crippen LogP contribution in [-0.2, 0) is 11.3 Å². The Labute approximate surface area is 187 Å². The average Bonchev–Trinajstić information content (AvgIpc) is 2.84. The molecule has 0 aliphatic heterocycles. The molecule has 2 N–H and O–H groups in total. The number of benzene rings is 2. The molecule has 2 amide bonds. The third-order valence-electron chi connectivity index (χ3n) is 4.35. The van der Waals surface area contributed by atoms with E-state index in [2.05, 4.69) is 28.8 Å². The Hall–Kier alpha value is -4.45. The molecule has 0 aliphatic carbocycles.